The third-order valence-corrected chi connectivity index (χ3v) is 6.45. The standard InChI is InChI=1S/C16H13N3O10S3/c1-8-11(7-14(32(25,26)27)10-3-2-4-17-15(8)10)18-19-12-5-9(31(22,23)24)6-13(16(12)20)30-29-28-21/h2-7,20-21H,1H3,(H,22,23,24)(H,25,26,27). The summed E-state index contributed by atoms with van der Waals surface area (Å²) in [7, 11) is -9.41. The van der Waals surface area contributed by atoms with Gasteiger partial charge in [0, 0.05) is 17.1 Å². The fourth-order valence-electron chi connectivity index (χ4n) is 2.67. The van der Waals surface area contributed by atoms with E-state index in [0.29, 0.717) is 5.56 Å². The Bertz CT molecular complexity index is 1440. The van der Waals surface area contributed by atoms with E-state index in [-0.39, 0.29) is 33.5 Å². The van der Waals surface area contributed by atoms with Gasteiger partial charge in [0.1, 0.15) is 10.6 Å². The van der Waals surface area contributed by atoms with Crippen molar-refractivity contribution in [3.8, 4) is 5.75 Å². The lowest BCUT2D eigenvalue weighted by molar-refractivity contribution is -0.432. The second kappa shape index (κ2) is 9.04. The van der Waals surface area contributed by atoms with Crippen LogP contribution in [0.25, 0.3) is 10.9 Å². The maximum Gasteiger partial charge on any atom is 0.295 e. The maximum atomic E-state index is 11.8. The number of phenols is 1. The summed E-state index contributed by atoms with van der Waals surface area (Å²) in [6.07, 6.45) is 1.40. The van der Waals surface area contributed by atoms with Crippen molar-refractivity contribution in [2.24, 2.45) is 10.2 Å². The first kappa shape index (κ1) is 24.0. The number of rotatable bonds is 7. The molecule has 3 rings (SSSR count). The third-order valence-electron chi connectivity index (χ3n) is 4.10. The molecule has 0 radical (unpaired) electrons. The first-order chi connectivity index (χ1) is 14.9. The van der Waals surface area contributed by atoms with E-state index in [2.05, 4.69) is 24.6 Å². The molecule has 0 bridgehead atoms. The van der Waals surface area contributed by atoms with Crippen LogP contribution in [0.15, 0.2) is 61.4 Å². The average Bonchev–Trinajstić information content (AvgIpc) is 2.71. The molecule has 0 fully saturated rings. The Morgan fingerprint density at radius 1 is 1.03 bits per heavy atom. The van der Waals surface area contributed by atoms with Gasteiger partial charge in [-0.05, 0) is 37.3 Å². The van der Waals surface area contributed by atoms with Crippen molar-refractivity contribution in [2.75, 3.05) is 0 Å². The molecule has 0 unspecified atom stereocenters. The number of hydrogen-bond donors (Lipinski definition) is 4. The first-order valence-electron chi connectivity index (χ1n) is 8.20. The number of aromatic hydroxyl groups is 1. The zero-order valence-corrected chi connectivity index (χ0v) is 18.2. The highest BCUT2D eigenvalue weighted by molar-refractivity contribution is 7.94. The van der Waals surface area contributed by atoms with Crippen molar-refractivity contribution < 1.29 is 45.7 Å². The Morgan fingerprint density at radius 2 is 1.72 bits per heavy atom. The molecule has 0 spiro atoms. The van der Waals surface area contributed by atoms with Crippen LogP contribution in [-0.2, 0) is 29.6 Å². The first-order valence-corrected chi connectivity index (χ1v) is 11.8. The molecule has 0 atom stereocenters. The number of nitrogens with zero attached hydrogens (tertiary/aromatic N) is 3. The molecule has 16 heteroatoms. The quantitative estimate of drug-likeness (QED) is 0.120. The second-order valence-corrected chi connectivity index (χ2v) is 9.64. The zero-order chi connectivity index (χ0) is 23.7. The second-order valence-electron chi connectivity index (χ2n) is 6.08. The van der Waals surface area contributed by atoms with Gasteiger partial charge in [-0.3, -0.25) is 14.1 Å². The Balaban J connectivity index is 2.20. The SMILES string of the molecule is Cc1c(N=Nc2cc(S(=O)(=O)O)cc(SOOO)c2O)cc(S(=O)(=O)O)c2cccnc12. The molecule has 13 nitrogen and oxygen atoms in total. The van der Waals surface area contributed by atoms with Crippen LogP contribution in [0.4, 0.5) is 11.4 Å². The Morgan fingerprint density at radius 3 is 2.34 bits per heavy atom. The number of azo groups is 1. The Hall–Kier alpha value is -2.70. The molecule has 2 aromatic carbocycles. The lowest BCUT2D eigenvalue weighted by Crippen LogP contribution is -2.00. The average molecular weight is 503 g/mol. The van der Waals surface area contributed by atoms with E-state index in [4.69, 9.17) is 5.26 Å². The van der Waals surface area contributed by atoms with Crippen molar-refractivity contribution in [3.05, 3.63) is 42.1 Å². The fraction of sp³-hybridized carbons (Fsp3) is 0.0625. The van der Waals surface area contributed by atoms with Crippen LogP contribution in [-0.4, -0.2) is 41.3 Å². The van der Waals surface area contributed by atoms with Crippen molar-refractivity contribution >= 4 is 54.6 Å². The molecule has 1 heterocycles. The predicted molar refractivity (Wildman–Crippen MR) is 109 cm³/mol. The zero-order valence-electron chi connectivity index (χ0n) is 15.8. The summed E-state index contributed by atoms with van der Waals surface area (Å²) in [4.78, 5) is 2.59. The summed E-state index contributed by atoms with van der Waals surface area (Å²) in [6.45, 7) is 1.56. The normalized spacial score (nSPS) is 12.6. The number of fused-ring (bicyclic) bond motifs is 1. The maximum absolute atomic E-state index is 11.8. The highest BCUT2D eigenvalue weighted by atomic mass is 32.2. The number of aryl methyl sites for hydroxylation is 1. The topological polar surface area (TPSA) is 205 Å². The molecular formula is C16H13N3O10S3. The molecule has 0 aliphatic rings. The van der Waals surface area contributed by atoms with E-state index in [1.165, 1.54) is 18.3 Å². The van der Waals surface area contributed by atoms with Crippen LogP contribution in [0.1, 0.15) is 5.56 Å². The van der Waals surface area contributed by atoms with Gasteiger partial charge in [-0.25, -0.2) is 5.26 Å². The molecule has 0 aliphatic heterocycles. The monoisotopic (exact) mass is 503 g/mol. The summed E-state index contributed by atoms with van der Waals surface area (Å²) < 4.78 is 69.7. The van der Waals surface area contributed by atoms with Crippen molar-refractivity contribution in [1.82, 2.24) is 4.98 Å². The minimum Gasteiger partial charge on any atom is -0.504 e. The lowest BCUT2D eigenvalue weighted by atomic mass is 10.1. The van der Waals surface area contributed by atoms with Gasteiger partial charge in [0.15, 0.2) is 5.75 Å². The molecule has 0 aliphatic carbocycles. The van der Waals surface area contributed by atoms with Crippen LogP contribution in [0.2, 0.25) is 0 Å². The number of hydrogen-bond acceptors (Lipinski definition) is 12. The highest BCUT2D eigenvalue weighted by Gasteiger charge is 2.21. The van der Waals surface area contributed by atoms with Gasteiger partial charge >= 0.3 is 0 Å². The van der Waals surface area contributed by atoms with Crippen LogP contribution < -0.4 is 0 Å². The molecule has 4 N–H and O–H groups in total. The van der Waals surface area contributed by atoms with Crippen molar-refractivity contribution in [2.45, 2.75) is 21.6 Å². The summed E-state index contributed by atoms with van der Waals surface area (Å²) >= 11 is 0.202. The van der Waals surface area contributed by atoms with Gasteiger partial charge in [-0.15, -0.1) is 9.45 Å². The lowest BCUT2D eigenvalue weighted by Gasteiger charge is -2.09. The van der Waals surface area contributed by atoms with Crippen LogP contribution in [0, 0.1) is 6.92 Å². The Kier molecular flexibility index (Phi) is 6.77. The molecule has 170 valence electrons. The van der Waals surface area contributed by atoms with E-state index < -0.39 is 41.5 Å². The van der Waals surface area contributed by atoms with E-state index in [0.717, 1.165) is 18.2 Å². The summed E-state index contributed by atoms with van der Waals surface area (Å²) in [5.41, 5.74) is 0.0497. The van der Waals surface area contributed by atoms with Gasteiger partial charge in [0.2, 0.25) is 0 Å². The third kappa shape index (κ3) is 5.03. The van der Waals surface area contributed by atoms with E-state index in [9.17, 15) is 31.0 Å². The van der Waals surface area contributed by atoms with Crippen LogP contribution >= 0.6 is 12.0 Å². The van der Waals surface area contributed by atoms with Crippen LogP contribution in [0.3, 0.4) is 0 Å². The van der Waals surface area contributed by atoms with E-state index in [1.54, 1.807) is 6.92 Å². The number of pyridine rings is 1. The summed E-state index contributed by atoms with van der Waals surface area (Å²) in [6, 6.07) is 5.55. The van der Waals surface area contributed by atoms with Gasteiger partial charge < -0.3 is 5.11 Å². The van der Waals surface area contributed by atoms with Gasteiger partial charge in [0.25, 0.3) is 20.2 Å². The summed E-state index contributed by atoms with van der Waals surface area (Å²) in [5, 5.41) is 29.7. The highest BCUT2D eigenvalue weighted by Crippen LogP contribution is 2.41. The number of aromatic nitrogens is 1. The van der Waals surface area contributed by atoms with Gasteiger partial charge in [-0.2, -0.15) is 21.9 Å². The largest absolute Gasteiger partial charge is 0.504 e. The Labute approximate surface area is 184 Å². The van der Waals surface area contributed by atoms with Gasteiger partial charge in [0.05, 0.1) is 33.0 Å². The molecule has 3 aromatic rings. The van der Waals surface area contributed by atoms with Crippen LogP contribution in [0.5, 0.6) is 5.75 Å². The van der Waals surface area contributed by atoms with Crippen molar-refractivity contribution in [1.29, 1.82) is 0 Å². The van der Waals surface area contributed by atoms with E-state index in [1.807, 2.05) is 0 Å². The molecule has 0 amide bonds. The number of benzene rings is 2. The molecule has 0 saturated carbocycles. The molecular weight excluding hydrogens is 490 g/mol. The minimum atomic E-state index is -4.74. The van der Waals surface area contributed by atoms with Gasteiger partial charge in [-0.1, -0.05) is 5.04 Å². The molecule has 1 aromatic heterocycles. The fourth-order valence-corrected chi connectivity index (χ4v) is 4.44. The minimum absolute atomic E-state index is 0.0652. The smallest absolute Gasteiger partial charge is 0.295 e. The predicted octanol–water partition coefficient (Wildman–Crippen LogP) is 3.59. The van der Waals surface area contributed by atoms with E-state index >= 15 is 0 Å². The summed E-state index contributed by atoms with van der Waals surface area (Å²) in [5.74, 6) is -0.658. The molecule has 0 saturated heterocycles. The number of phenolic OH excluding ortho intramolecular Hbond substituents is 1. The molecule has 32 heavy (non-hydrogen) atoms. The van der Waals surface area contributed by atoms with Crippen molar-refractivity contribution in [3.63, 3.8) is 0 Å².